The van der Waals surface area contributed by atoms with Crippen LogP contribution in [-0.4, -0.2) is 23.4 Å². The Kier molecular flexibility index (Phi) is 4.72. The highest BCUT2D eigenvalue weighted by Crippen LogP contribution is 2.38. The van der Waals surface area contributed by atoms with Crippen molar-refractivity contribution in [3.05, 3.63) is 53.1 Å². The van der Waals surface area contributed by atoms with Gasteiger partial charge in [-0.3, -0.25) is 0 Å². The first kappa shape index (κ1) is 15.7. The lowest BCUT2D eigenvalue weighted by Crippen LogP contribution is -2.07. The van der Waals surface area contributed by atoms with E-state index >= 15 is 0 Å². The summed E-state index contributed by atoms with van der Waals surface area (Å²) in [5, 5.41) is 19.4. The Morgan fingerprint density at radius 1 is 1.26 bits per heavy atom. The standard InChI is InChI=1S/C19H22O4/c1-2-18(23-15-5-3-4-13(10-15)6-8-20)16-12-19-14(7-9-22-19)11-17(16)21/h3-5,10-12,18,20-21H,2,6-9H2,1H3. The second-order valence-electron chi connectivity index (χ2n) is 5.75. The van der Waals surface area contributed by atoms with Crippen LogP contribution in [0.5, 0.6) is 17.2 Å². The lowest BCUT2D eigenvalue weighted by Gasteiger charge is -2.20. The Morgan fingerprint density at radius 3 is 2.91 bits per heavy atom. The van der Waals surface area contributed by atoms with Gasteiger partial charge in [0.15, 0.2) is 0 Å². The van der Waals surface area contributed by atoms with Crippen LogP contribution in [0.2, 0.25) is 0 Å². The predicted octanol–water partition coefficient (Wildman–Crippen LogP) is 3.39. The topological polar surface area (TPSA) is 58.9 Å². The molecule has 1 heterocycles. The molecule has 2 aromatic rings. The molecule has 1 aliphatic rings. The summed E-state index contributed by atoms with van der Waals surface area (Å²) in [6.45, 7) is 2.80. The highest BCUT2D eigenvalue weighted by Gasteiger charge is 2.21. The summed E-state index contributed by atoms with van der Waals surface area (Å²) in [5.41, 5.74) is 2.83. The Hall–Kier alpha value is -2.20. The molecule has 0 aromatic heterocycles. The normalized spacial score (nSPS) is 14.2. The van der Waals surface area contributed by atoms with Crippen molar-refractivity contribution < 1.29 is 19.7 Å². The summed E-state index contributed by atoms with van der Waals surface area (Å²) in [7, 11) is 0. The first-order valence-corrected chi connectivity index (χ1v) is 8.06. The maximum atomic E-state index is 10.3. The third kappa shape index (κ3) is 3.42. The third-order valence-electron chi connectivity index (χ3n) is 4.13. The molecule has 3 rings (SSSR count). The molecule has 0 bridgehead atoms. The van der Waals surface area contributed by atoms with Crippen molar-refractivity contribution in [2.75, 3.05) is 13.2 Å². The number of phenols is 1. The van der Waals surface area contributed by atoms with Gasteiger partial charge < -0.3 is 19.7 Å². The number of hydrogen-bond donors (Lipinski definition) is 2. The lowest BCUT2D eigenvalue weighted by molar-refractivity contribution is 0.196. The molecule has 0 radical (unpaired) electrons. The van der Waals surface area contributed by atoms with Crippen LogP contribution < -0.4 is 9.47 Å². The predicted molar refractivity (Wildman–Crippen MR) is 88.2 cm³/mol. The summed E-state index contributed by atoms with van der Waals surface area (Å²) in [4.78, 5) is 0. The molecular weight excluding hydrogens is 292 g/mol. The van der Waals surface area contributed by atoms with Gasteiger partial charge in [0.1, 0.15) is 23.4 Å². The van der Waals surface area contributed by atoms with Gasteiger partial charge in [-0.05, 0) is 42.7 Å². The van der Waals surface area contributed by atoms with Gasteiger partial charge in [-0.25, -0.2) is 0 Å². The zero-order valence-electron chi connectivity index (χ0n) is 13.3. The van der Waals surface area contributed by atoms with Gasteiger partial charge in [0.05, 0.1) is 6.61 Å². The van der Waals surface area contributed by atoms with Crippen LogP contribution in [0.3, 0.4) is 0 Å². The van der Waals surface area contributed by atoms with Crippen molar-refractivity contribution in [2.24, 2.45) is 0 Å². The van der Waals surface area contributed by atoms with Gasteiger partial charge >= 0.3 is 0 Å². The van der Waals surface area contributed by atoms with Crippen molar-refractivity contribution in [3.63, 3.8) is 0 Å². The molecule has 0 amide bonds. The van der Waals surface area contributed by atoms with Crippen molar-refractivity contribution in [3.8, 4) is 17.2 Å². The van der Waals surface area contributed by atoms with E-state index < -0.39 is 0 Å². The minimum atomic E-state index is -0.242. The molecule has 1 atom stereocenters. The largest absolute Gasteiger partial charge is 0.508 e. The van der Waals surface area contributed by atoms with E-state index in [9.17, 15) is 5.11 Å². The summed E-state index contributed by atoms with van der Waals surface area (Å²) in [6, 6.07) is 11.4. The number of phenolic OH excluding ortho intramolecular Hbond substituents is 1. The average molecular weight is 314 g/mol. The zero-order valence-corrected chi connectivity index (χ0v) is 13.3. The maximum Gasteiger partial charge on any atom is 0.127 e. The number of rotatable bonds is 6. The highest BCUT2D eigenvalue weighted by molar-refractivity contribution is 5.48. The molecule has 0 fully saturated rings. The second-order valence-corrected chi connectivity index (χ2v) is 5.75. The number of aliphatic hydroxyl groups excluding tert-OH is 1. The molecule has 0 saturated carbocycles. The monoisotopic (exact) mass is 314 g/mol. The summed E-state index contributed by atoms with van der Waals surface area (Å²) in [6.07, 6.45) is 1.93. The molecule has 23 heavy (non-hydrogen) atoms. The maximum absolute atomic E-state index is 10.3. The molecule has 0 aliphatic carbocycles. The van der Waals surface area contributed by atoms with E-state index in [0.29, 0.717) is 13.0 Å². The zero-order chi connectivity index (χ0) is 16.2. The third-order valence-corrected chi connectivity index (χ3v) is 4.13. The first-order valence-electron chi connectivity index (χ1n) is 8.06. The van der Waals surface area contributed by atoms with E-state index in [2.05, 4.69) is 0 Å². The fourth-order valence-corrected chi connectivity index (χ4v) is 2.92. The molecule has 122 valence electrons. The van der Waals surface area contributed by atoms with Gasteiger partial charge in [0, 0.05) is 24.2 Å². The van der Waals surface area contributed by atoms with Crippen LogP contribution in [0.15, 0.2) is 36.4 Å². The highest BCUT2D eigenvalue weighted by atomic mass is 16.5. The van der Waals surface area contributed by atoms with Crippen LogP contribution in [0.4, 0.5) is 0 Å². The van der Waals surface area contributed by atoms with E-state index in [1.165, 1.54) is 0 Å². The van der Waals surface area contributed by atoms with Gasteiger partial charge in [0.25, 0.3) is 0 Å². The summed E-state index contributed by atoms with van der Waals surface area (Å²) in [5.74, 6) is 1.84. The quantitative estimate of drug-likeness (QED) is 0.858. The minimum absolute atomic E-state index is 0.115. The number of benzene rings is 2. The molecule has 4 heteroatoms. The molecule has 2 aromatic carbocycles. The molecule has 1 aliphatic heterocycles. The fourth-order valence-electron chi connectivity index (χ4n) is 2.92. The van der Waals surface area contributed by atoms with Crippen molar-refractivity contribution in [1.82, 2.24) is 0 Å². The molecule has 4 nitrogen and oxygen atoms in total. The van der Waals surface area contributed by atoms with Crippen molar-refractivity contribution in [2.45, 2.75) is 32.3 Å². The van der Waals surface area contributed by atoms with Crippen LogP contribution >= 0.6 is 0 Å². The van der Waals surface area contributed by atoms with Gasteiger partial charge in [-0.15, -0.1) is 0 Å². The number of fused-ring (bicyclic) bond motifs is 1. The number of hydrogen-bond acceptors (Lipinski definition) is 4. The van der Waals surface area contributed by atoms with Gasteiger partial charge in [0.2, 0.25) is 0 Å². The van der Waals surface area contributed by atoms with E-state index in [1.54, 1.807) is 6.07 Å². The molecular formula is C19H22O4. The molecule has 0 saturated heterocycles. The Morgan fingerprint density at radius 2 is 2.13 bits per heavy atom. The summed E-state index contributed by atoms with van der Waals surface area (Å²) < 4.78 is 11.7. The van der Waals surface area contributed by atoms with E-state index in [1.807, 2.05) is 37.3 Å². The molecule has 2 N–H and O–H groups in total. The second kappa shape index (κ2) is 6.92. The summed E-state index contributed by atoms with van der Waals surface area (Å²) >= 11 is 0. The van der Waals surface area contributed by atoms with Crippen LogP contribution in [0.1, 0.15) is 36.1 Å². The Balaban J connectivity index is 1.84. The van der Waals surface area contributed by atoms with Crippen molar-refractivity contribution in [1.29, 1.82) is 0 Å². The van der Waals surface area contributed by atoms with Crippen LogP contribution in [-0.2, 0) is 12.8 Å². The Bertz CT molecular complexity index is 681. The van der Waals surface area contributed by atoms with Gasteiger partial charge in [-0.2, -0.15) is 0 Å². The Labute approximate surface area is 136 Å². The van der Waals surface area contributed by atoms with Gasteiger partial charge in [-0.1, -0.05) is 19.1 Å². The molecule has 0 spiro atoms. The number of aromatic hydroxyl groups is 1. The molecule has 1 unspecified atom stereocenters. The van der Waals surface area contributed by atoms with E-state index in [-0.39, 0.29) is 18.5 Å². The van der Waals surface area contributed by atoms with E-state index in [4.69, 9.17) is 14.6 Å². The smallest absolute Gasteiger partial charge is 0.127 e. The minimum Gasteiger partial charge on any atom is -0.508 e. The number of ether oxygens (including phenoxy) is 2. The van der Waals surface area contributed by atoms with Crippen molar-refractivity contribution >= 4 is 0 Å². The first-order chi connectivity index (χ1) is 11.2. The van der Waals surface area contributed by atoms with E-state index in [0.717, 1.165) is 41.0 Å². The SMILES string of the molecule is CCC(Oc1cccc(CCO)c1)c1cc2c(cc1O)CCO2. The fraction of sp³-hybridized carbons (Fsp3) is 0.368. The van der Waals surface area contributed by atoms with Crippen LogP contribution in [0, 0.1) is 0 Å². The van der Waals surface area contributed by atoms with Crippen LogP contribution in [0.25, 0.3) is 0 Å². The lowest BCUT2D eigenvalue weighted by atomic mass is 10.0. The number of aliphatic hydroxyl groups is 1. The average Bonchev–Trinajstić information content (AvgIpc) is 3.00.